The van der Waals surface area contributed by atoms with E-state index in [1.165, 1.54) is 6.07 Å². The van der Waals surface area contributed by atoms with Crippen LogP contribution in [-0.2, 0) is 11.2 Å². The lowest BCUT2D eigenvalue weighted by Gasteiger charge is -2.30. The van der Waals surface area contributed by atoms with Crippen LogP contribution in [0.25, 0.3) is 22.2 Å². The van der Waals surface area contributed by atoms with Crippen molar-refractivity contribution >= 4 is 11.0 Å². The lowest BCUT2D eigenvalue weighted by atomic mass is 9.92. The number of aromatic nitrogens is 3. The quantitative estimate of drug-likeness (QED) is 0.378. The maximum absolute atomic E-state index is 13.8. The molecule has 32 heavy (non-hydrogen) atoms. The minimum absolute atomic E-state index is 0.216. The number of imidazole rings is 1. The van der Waals surface area contributed by atoms with E-state index in [1.54, 1.807) is 19.2 Å². The number of fused-ring (bicyclic) bond motifs is 1. The van der Waals surface area contributed by atoms with Crippen LogP contribution in [0.5, 0.6) is 0 Å². The molecular weight excluding hydrogens is 405 g/mol. The zero-order valence-electron chi connectivity index (χ0n) is 18.8. The molecule has 0 bridgehead atoms. The molecule has 6 heteroatoms. The fourth-order valence-corrected chi connectivity index (χ4v) is 5.10. The highest BCUT2D eigenvalue weighted by Gasteiger charge is 2.26. The van der Waals surface area contributed by atoms with Gasteiger partial charge in [0.25, 0.3) is 0 Å². The second-order valence-corrected chi connectivity index (χ2v) is 8.77. The normalized spacial score (nSPS) is 19.0. The molecule has 2 heterocycles. The maximum Gasteiger partial charge on any atom is 0.141 e. The summed E-state index contributed by atoms with van der Waals surface area (Å²) in [6.45, 7) is 3.89. The standard InChI is InChI=1S/C26H28FN3O2/c1-16-26(17(2)32-29-16)19-7-12-24-23(15-19)28-25(14-18-5-4-6-20(27)13-18)30(24)21-8-10-22(31-3)11-9-21/h4-7,12-13,15,21-22H,8-11,14H2,1-3H3. The summed E-state index contributed by atoms with van der Waals surface area (Å²) in [5, 5.41) is 4.10. The molecule has 5 rings (SSSR count). The summed E-state index contributed by atoms with van der Waals surface area (Å²) in [7, 11) is 1.79. The molecule has 1 aliphatic carbocycles. The first-order valence-electron chi connectivity index (χ1n) is 11.2. The van der Waals surface area contributed by atoms with Crippen molar-refractivity contribution in [1.29, 1.82) is 0 Å². The molecule has 0 radical (unpaired) electrons. The van der Waals surface area contributed by atoms with Crippen LogP contribution < -0.4 is 0 Å². The van der Waals surface area contributed by atoms with Gasteiger partial charge in [0.15, 0.2) is 0 Å². The fraction of sp³-hybridized carbons (Fsp3) is 0.385. The molecule has 1 saturated carbocycles. The van der Waals surface area contributed by atoms with Crippen LogP contribution in [-0.4, -0.2) is 27.9 Å². The summed E-state index contributed by atoms with van der Waals surface area (Å²) >= 11 is 0. The first-order valence-corrected chi connectivity index (χ1v) is 11.2. The van der Waals surface area contributed by atoms with Gasteiger partial charge in [-0.25, -0.2) is 9.37 Å². The Morgan fingerprint density at radius 1 is 1.09 bits per heavy atom. The Hall–Kier alpha value is -2.99. The number of rotatable bonds is 5. The third kappa shape index (κ3) is 3.84. The second-order valence-electron chi connectivity index (χ2n) is 8.77. The molecule has 1 fully saturated rings. The predicted molar refractivity (Wildman–Crippen MR) is 122 cm³/mol. The predicted octanol–water partition coefficient (Wildman–Crippen LogP) is 6.17. The number of methoxy groups -OCH3 is 1. The zero-order valence-corrected chi connectivity index (χ0v) is 18.8. The van der Waals surface area contributed by atoms with E-state index in [0.717, 1.165) is 70.7 Å². The van der Waals surface area contributed by atoms with E-state index >= 15 is 0 Å². The Kier molecular flexibility index (Phi) is 5.55. The Balaban J connectivity index is 1.59. The van der Waals surface area contributed by atoms with Crippen molar-refractivity contribution in [2.75, 3.05) is 7.11 Å². The van der Waals surface area contributed by atoms with Gasteiger partial charge in [-0.05, 0) is 74.9 Å². The summed E-state index contributed by atoms with van der Waals surface area (Å²) in [5.41, 5.74) is 5.94. The molecule has 166 valence electrons. The van der Waals surface area contributed by atoms with Gasteiger partial charge < -0.3 is 13.8 Å². The first kappa shape index (κ1) is 20.9. The van der Waals surface area contributed by atoms with Crippen LogP contribution in [0.1, 0.15) is 54.6 Å². The van der Waals surface area contributed by atoms with E-state index in [2.05, 4.69) is 27.9 Å². The average Bonchev–Trinajstić information content (AvgIpc) is 3.32. The summed E-state index contributed by atoms with van der Waals surface area (Å²) < 4.78 is 27.2. The van der Waals surface area contributed by atoms with Gasteiger partial charge >= 0.3 is 0 Å². The molecule has 0 atom stereocenters. The topological polar surface area (TPSA) is 53.1 Å². The van der Waals surface area contributed by atoms with E-state index in [1.807, 2.05) is 19.9 Å². The largest absolute Gasteiger partial charge is 0.381 e. The molecule has 5 nitrogen and oxygen atoms in total. The highest BCUT2D eigenvalue weighted by Crippen LogP contribution is 2.36. The minimum Gasteiger partial charge on any atom is -0.381 e. The number of nitrogens with zero attached hydrogens (tertiary/aromatic N) is 3. The molecule has 0 saturated heterocycles. The summed E-state index contributed by atoms with van der Waals surface area (Å²) in [6.07, 6.45) is 5.10. The van der Waals surface area contributed by atoms with Crippen molar-refractivity contribution in [2.45, 2.75) is 58.1 Å². The lowest BCUT2D eigenvalue weighted by Crippen LogP contribution is -2.23. The molecule has 1 aliphatic rings. The Morgan fingerprint density at radius 3 is 2.59 bits per heavy atom. The summed E-state index contributed by atoms with van der Waals surface area (Å²) in [4.78, 5) is 5.04. The Morgan fingerprint density at radius 2 is 1.91 bits per heavy atom. The summed E-state index contributed by atoms with van der Waals surface area (Å²) in [5.74, 6) is 1.56. The lowest BCUT2D eigenvalue weighted by molar-refractivity contribution is 0.0586. The number of halogens is 1. The SMILES string of the molecule is COC1CCC(n2c(Cc3cccc(F)c3)nc3cc(-c4c(C)noc4C)ccc32)CC1. The van der Waals surface area contributed by atoms with Crippen LogP contribution in [0.3, 0.4) is 0 Å². The molecule has 4 aromatic rings. The van der Waals surface area contributed by atoms with Crippen LogP contribution in [0.15, 0.2) is 47.0 Å². The monoisotopic (exact) mass is 433 g/mol. The van der Waals surface area contributed by atoms with Crippen LogP contribution in [0.2, 0.25) is 0 Å². The molecule has 0 aliphatic heterocycles. The van der Waals surface area contributed by atoms with Gasteiger partial charge in [-0.3, -0.25) is 0 Å². The number of aryl methyl sites for hydroxylation is 2. The number of benzene rings is 2. The first-order chi connectivity index (χ1) is 15.5. The van der Waals surface area contributed by atoms with Gasteiger partial charge in [-0.2, -0.15) is 0 Å². The van der Waals surface area contributed by atoms with Crippen molar-refractivity contribution in [3.8, 4) is 11.1 Å². The second kappa shape index (κ2) is 8.51. The van der Waals surface area contributed by atoms with Crippen molar-refractivity contribution in [3.05, 3.63) is 71.1 Å². The highest BCUT2D eigenvalue weighted by molar-refractivity contribution is 5.83. The number of ether oxygens (including phenoxy) is 1. The van der Waals surface area contributed by atoms with E-state index in [4.69, 9.17) is 14.2 Å². The van der Waals surface area contributed by atoms with E-state index in [9.17, 15) is 4.39 Å². The Labute approximate surface area is 187 Å². The molecule has 0 amide bonds. The van der Waals surface area contributed by atoms with E-state index in [0.29, 0.717) is 18.6 Å². The summed E-state index contributed by atoms with van der Waals surface area (Å²) in [6, 6.07) is 13.6. The van der Waals surface area contributed by atoms with E-state index < -0.39 is 0 Å². The van der Waals surface area contributed by atoms with Gasteiger partial charge in [-0.15, -0.1) is 0 Å². The molecule has 0 spiro atoms. The molecule has 2 aromatic carbocycles. The van der Waals surface area contributed by atoms with Crippen LogP contribution >= 0.6 is 0 Å². The highest BCUT2D eigenvalue weighted by atomic mass is 19.1. The zero-order chi connectivity index (χ0) is 22.2. The molecule has 0 N–H and O–H groups in total. The number of hydrogen-bond donors (Lipinski definition) is 0. The third-order valence-electron chi connectivity index (χ3n) is 6.68. The van der Waals surface area contributed by atoms with Crippen molar-refractivity contribution < 1.29 is 13.7 Å². The molecular formula is C26H28FN3O2. The van der Waals surface area contributed by atoms with Gasteiger partial charge in [0, 0.05) is 25.1 Å². The fourth-order valence-electron chi connectivity index (χ4n) is 5.10. The van der Waals surface area contributed by atoms with E-state index in [-0.39, 0.29) is 5.82 Å². The van der Waals surface area contributed by atoms with Crippen molar-refractivity contribution in [1.82, 2.24) is 14.7 Å². The van der Waals surface area contributed by atoms with Gasteiger partial charge in [-0.1, -0.05) is 23.4 Å². The van der Waals surface area contributed by atoms with Gasteiger partial charge in [0.1, 0.15) is 17.4 Å². The smallest absolute Gasteiger partial charge is 0.141 e. The average molecular weight is 434 g/mol. The van der Waals surface area contributed by atoms with Crippen molar-refractivity contribution in [2.24, 2.45) is 0 Å². The van der Waals surface area contributed by atoms with Gasteiger partial charge in [0.2, 0.25) is 0 Å². The Bertz CT molecular complexity index is 1230. The third-order valence-corrected chi connectivity index (χ3v) is 6.68. The van der Waals surface area contributed by atoms with Crippen LogP contribution in [0.4, 0.5) is 4.39 Å². The van der Waals surface area contributed by atoms with Crippen LogP contribution in [0, 0.1) is 19.7 Å². The molecule has 2 aromatic heterocycles. The maximum atomic E-state index is 13.8. The minimum atomic E-state index is -0.216. The molecule has 0 unspecified atom stereocenters. The van der Waals surface area contributed by atoms with Gasteiger partial charge in [0.05, 0.1) is 22.8 Å². The van der Waals surface area contributed by atoms with Crippen molar-refractivity contribution in [3.63, 3.8) is 0 Å². The number of hydrogen-bond acceptors (Lipinski definition) is 4.